The molecule has 3 aromatic rings. The summed E-state index contributed by atoms with van der Waals surface area (Å²) in [6.45, 7) is 2.57. The van der Waals surface area contributed by atoms with Crippen LogP contribution in [0.1, 0.15) is 25.1 Å². The summed E-state index contributed by atoms with van der Waals surface area (Å²) in [6, 6.07) is 1.58. The van der Waals surface area contributed by atoms with Crippen LogP contribution in [0.25, 0.3) is 4.96 Å². The van der Waals surface area contributed by atoms with Gasteiger partial charge in [-0.25, -0.2) is 4.98 Å². The van der Waals surface area contributed by atoms with Crippen molar-refractivity contribution in [1.82, 2.24) is 24.5 Å². The van der Waals surface area contributed by atoms with Crippen molar-refractivity contribution in [2.45, 2.75) is 25.8 Å². The quantitative estimate of drug-likeness (QED) is 0.756. The Hall–Kier alpha value is -2.15. The Morgan fingerprint density at radius 2 is 2.38 bits per heavy atom. The molecule has 0 spiro atoms. The topological polar surface area (TPSA) is 64.2 Å². The van der Waals surface area contributed by atoms with Crippen LogP contribution in [0.4, 0.5) is 0 Å². The highest BCUT2D eigenvalue weighted by Gasteiger charge is 2.17. The molecule has 0 aromatic carbocycles. The third kappa shape index (κ3) is 2.97. The molecule has 3 rings (SSSR count). The summed E-state index contributed by atoms with van der Waals surface area (Å²) < 4.78 is 3.70. The monoisotopic (exact) mass is 303 g/mol. The molecule has 0 aliphatic rings. The van der Waals surface area contributed by atoms with Crippen molar-refractivity contribution < 1.29 is 4.79 Å². The molecular weight excluding hydrogens is 286 g/mol. The van der Waals surface area contributed by atoms with Gasteiger partial charge in [0.2, 0.25) is 5.91 Å². The number of fused-ring (bicyclic) bond motifs is 1. The molecule has 0 unspecified atom stereocenters. The highest BCUT2D eigenvalue weighted by Crippen LogP contribution is 2.12. The van der Waals surface area contributed by atoms with Crippen LogP contribution in [0.15, 0.2) is 36.2 Å². The number of carbonyl (C=O) groups is 1. The zero-order valence-corrected chi connectivity index (χ0v) is 12.6. The zero-order valence-electron chi connectivity index (χ0n) is 11.8. The smallest absolute Gasteiger partial charge is 0.244 e. The van der Waals surface area contributed by atoms with Gasteiger partial charge >= 0.3 is 0 Å². The molecule has 0 aliphatic carbocycles. The van der Waals surface area contributed by atoms with Gasteiger partial charge < -0.3 is 5.32 Å². The summed E-state index contributed by atoms with van der Waals surface area (Å²) in [7, 11) is 0. The number of carbonyl (C=O) groups excluding carboxylic acids is 1. The lowest BCUT2D eigenvalue weighted by molar-refractivity contribution is -0.124. The lowest BCUT2D eigenvalue weighted by Crippen LogP contribution is -2.33. The molecule has 0 saturated heterocycles. The fourth-order valence-corrected chi connectivity index (χ4v) is 3.00. The van der Waals surface area contributed by atoms with Crippen LogP contribution in [0, 0.1) is 0 Å². The van der Waals surface area contributed by atoms with Crippen molar-refractivity contribution in [2.24, 2.45) is 0 Å². The Morgan fingerprint density at radius 1 is 1.48 bits per heavy atom. The van der Waals surface area contributed by atoms with Gasteiger partial charge in [-0.2, -0.15) is 5.10 Å². The van der Waals surface area contributed by atoms with E-state index in [4.69, 9.17) is 0 Å². The second kappa shape index (κ2) is 6.09. The van der Waals surface area contributed by atoms with Crippen LogP contribution < -0.4 is 5.32 Å². The van der Waals surface area contributed by atoms with E-state index >= 15 is 0 Å². The predicted octanol–water partition coefficient (Wildman–Crippen LogP) is 1.90. The number of imidazole rings is 1. The standard InChI is InChI=1S/C14H17N5OS/c1-2-12(19-7-3-5-16-19)13(20)15-6-4-11-10-18-8-9-21-14(18)17-11/h3,5,7-10,12H,2,4,6H2,1H3,(H,15,20)/t12-/m0/s1. The molecule has 3 aromatic heterocycles. The van der Waals surface area contributed by atoms with E-state index in [0.29, 0.717) is 13.0 Å². The largest absolute Gasteiger partial charge is 0.354 e. The van der Waals surface area contributed by atoms with Gasteiger partial charge in [0.25, 0.3) is 0 Å². The fourth-order valence-electron chi connectivity index (χ4n) is 2.29. The Labute approximate surface area is 126 Å². The number of aromatic nitrogens is 4. The highest BCUT2D eigenvalue weighted by molar-refractivity contribution is 7.15. The summed E-state index contributed by atoms with van der Waals surface area (Å²) in [5.74, 6) is 0.00206. The van der Waals surface area contributed by atoms with E-state index in [1.54, 1.807) is 22.2 Å². The molecule has 1 amide bonds. The van der Waals surface area contributed by atoms with Gasteiger partial charge in [0.15, 0.2) is 4.96 Å². The van der Waals surface area contributed by atoms with Crippen LogP contribution in [-0.4, -0.2) is 31.6 Å². The lowest BCUT2D eigenvalue weighted by atomic mass is 10.2. The van der Waals surface area contributed by atoms with Gasteiger partial charge in [-0.1, -0.05) is 6.92 Å². The molecule has 21 heavy (non-hydrogen) atoms. The van der Waals surface area contributed by atoms with Crippen LogP contribution in [0.2, 0.25) is 0 Å². The third-order valence-corrected chi connectivity index (χ3v) is 4.13. The maximum atomic E-state index is 12.2. The maximum absolute atomic E-state index is 12.2. The van der Waals surface area contributed by atoms with Gasteiger partial charge in [-0.3, -0.25) is 13.9 Å². The van der Waals surface area contributed by atoms with Crippen molar-refractivity contribution in [3.8, 4) is 0 Å². The zero-order chi connectivity index (χ0) is 14.7. The fraction of sp³-hybridized carbons (Fsp3) is 0.357. The Bertz CT molecular complexity index is 686. The number of amides is 1. The minimum atomic E-state index is -0.245. The van der Waals surface area contributed by atoms with Gasteiger partial charge in [0.05, 0.1) is 5.69 Å². The van der Waals surface area contributed by atoms with E-state index in [1.807, 2.05) is 41.4 Å². The molecule has 0 fully saturated rings. The first-order valence-corrected chi connectivity index (χ1v) is 7.84. The Kier molecular flexibility index (Phi) is 4.01. The van der Waals surface area contributed by atoms with Crippen molar-refractivity contribution in [2.75, 3.05) is 6.54 Å². The van der Waals surface area contributed by atoms with Gasteiger partial charge in [0, 0.05) is 43.1 Å². The molecule has 0 aliphatic heterocycles. The summed E-state index contributed by atoms with van der Waals surface area (Å²) >= 11 is 1.61. The predicted molar refractivity (Wildman–Crippen MR) is 81.3 cm³/mol. The third-order valence-electron chi connectivity index (χ3n) is 3.36. The number of hydrogen-bond acceptors (Lipinski definition) is 4. The molecule has 0 radical (unpaired) electrons. The van der Waals surface area contributed by atoms with E-state index in [1.165, 1.54) is 0 Å². The lowest BCUT2D eigenvalue weighted by Gasteiger charge is -2.15. The van der Waals surface area contributed by atoms with Crippen molar-refractivity contribution >= 4 is 22.2 Å². The first-order chi connectivity index (χ1) is 10.3. The molecular formula is C14H17N5OS. The van der Waals surface area contributed by atoms with Crippen molar-refractivity contribution in [3.05, 3.63) is 41.9 Å². The molecule has 110 valence electrons. The van der Waals surface area contributed by atoms with E-state index in [2.05, 4.69) is 15.4 Å². The van der Waals surface area contributed by atoms with Crippen LogP contribution in [-0.2, 0) is 11.2 Å². The second-order valence-electron chi connectivity index (χ2n) is 4.78. The van der Waals surface area contributed by atoms with Gasteiger partial charge in [-0.05, 0) is 12.5 Å². The molecule has 1 atom stereocenters. The Balaban J connectivity index is 1.54. The molecule has 0 saturated carbocycles. The summed E-state index contributed by atoms with van der Waals surface area (Å²) in [5.41, 5.74) is 0.995. The number of hydrogen-bond donors (Lipinski definition) is 1. The van der Waals surface area contributed by atoms with E-state index in [0.717, 1.165) is 17.1 Å². The number of nitrogens with zero attached hydrogens (tertiary/aromatic N) is 4. The normalized spacial score (nSPS) is 12.6. The number of rotatable bonds is 6. The van der Waals surface area contributed by atoms with Crippen LogP contribution in [0.5, 0.6) is 0 Å². The average molecular weight is 303 g/mol. The van der Waals surface area contributed by atoms with E-state index in [9.17, 15) is 4.79 Å². The first kappa shape index (κ1) is 13.8. The maximum Gasteiger partial charge on any atom is 0.244 e. The van der Waals surface area contributed by atoms with E-state index in [-0.39, 0.29) is 11.9 Å². The van der Waals surface area contributed by atoms with E-state index < -0.39 is 0 Å². The second-order valence-corrected chi connectivity index (χ2v) is 5.65. The molecule has 6 nitrogen and oxygen atoms in total. The SMILES string of the molecule is CC[C@@H](C(=O)NCCc1cn2ccsc2n1)n1cccn1. The molecule has 7 heteroatoms. The first-order valence-electron chi connectivity index (χ1n) is 6.96. The average Bonchev–Trinajstić information content (AvgIpc) is 3.15. The summed E-state index contributed by atoms with van der Waals surface area (Å²) in [6.07, 6.45) is 8.94. The number of thiazole rings is 1. The number of nitrogens with one attached hydrogen (secondary N) is 1. The van der Waals surface area contributed by atoms with Crippen LogP contribution in [0.3, 0.4) is 0 Å². The van der Waals surface area contributed by atoms with Gasteiger partial charge in [-0.15, -0.1) is 11.3 Å². The highest BCUT2D eigenvalue weighted by atomic mass is 32.1. The minimum absolute atomic E-state index is 0.00206. The summed E-state index contributed by atoms with van der Waals surface area (Å²) in [5, 5.41) is 9.10. The van der Waals surface area contributed by atoms with Crippen molar-refractivity contribution in [3.63, 3.8) is 0 Å². The molecule has 1 N–H and O–H groups in total. The van der Waals surface area contributed by atoms with Crippen molar-refractivity contribution in [1.29, 1.82) is 0 Å². The molecule has 3 heterocycles. The van der Waals surface area contributed by atoms with Crippen LogP contribution >= 0.6 is 11.3 Å². The summed E-state index contributed by atoms with van der Waals surface area (Å²) in [4.78, 5) is 17.7. The Morgan fingerprint density at radius 3 is 3.10 bits per heavy atom. The van der Waals surface area contributed by atoms with Gasteiger partial charge in [0.1, 0.15) is 6.04 Å². The molecule has 0 bridgehead atoms. The minimum Gasteiger partial charge on any atom is -0.354 e.